The summed E-state index contributed by atoms with van der Waals surface area (Å²) in [6.45, 7) is 1.71. The van der Waals surface area contributed by atoms with E-state index in [1.54, 1.807) is 19.4 Å². The molecule has 2 aromatic rings. The van der Waals surface area contributed by atoms with Gasteiger partial charge in [0.05, 0.1) is 25.7 Å². The lowest BCUT2D eigenvalue weighted by atomic mass is 10.1. The molecule has 0 unspecified atom stereocenters. The van der Waals surface area contributed by atoms with Gasteiger partial charge in [-0.25, -0.2) is 9.97 Å². The number of anilines is 1. The molecule has 6 nitrogen and oxygen atoms in total. The molecule has 1 fully saturated rings. The van der Waals surface area contributed by atoms with Crippen molar-refractivity contribution in [2.75, 3.05) is 18.6 Å². The minimum Gasteiger partial charge on any atom is -0.481 e. The zero-order valence-electron chi connectivity index (χ0n) is 11.5. The Kier molecular flexibility index (Phi) is 2.61. The van der Waals surface area contributed by atoms with E-state index in [1.165, 1.54) is 18.5 Å². The molecule has 2 aliphatic rings. The average molecular weight is 271 g/mol. The van der Waals surface area contributed by atoms with Gasteiger partial charge in [-0.05, 0) is 12.8 Å². The number of hydrogen-bond acceptors (Lipinski definition) is 5. The molecule has 1 aliphatic heterocycles. The zero-order valence-corrected chi connectivity index (χ0v) is 11.5. The standard InChI is InChI=1S/C14H17N5O/c1-20-13-4-6-15-14(17-13)18-7-5-12-11(8-18)16-9-19(12)10-2-3-10/h4,6,9-10H,2-3,5,7-8H2,1H3. The van der Waals surface area contributed by atoms with E-state index in [2.05, 4.69) is 24.4 Å². The number of rotatable bonds is 3. The Balaban J connectivity index is 1.59. The van der Waals surface area contributed by atoms with Crippen LogP contribution in [0.2, 0.25) is 0 Å². The van der Waals surface area contributed by atoms with Crippen LogP contribution in [0, 0.1) is 0 Å². The minimum atomic E-state index is 0.601. The van der Waals surface area contributed by atoms with Crippen LogP contribution in [0.5, 0.6) is 5.88 Å². The largest absolute Gasteiger partial charge is 0.481 e. The van der Waals surface area contributed by atoms with Crippen LogP contribution in [-0.4, -0.2) is 33.2 Å². The van der Waals surface area contributed by atoms with Gasteiger partial charge in [0.2, 0.25) is 11.8 Å². The summed E-state index contributed by atoms with van der Waals surface area (Å²) in [7, 11) is 1.62. The fourth-order valence-electron chi connectivity index (χ4n) is 2.77. The van der Waals surface area contributed by atoms with Crippen molar-refractivity contribution in [2.45, 2.75) is 31.8 Å². The fraction of sp³-hybridized carbons (Fsp3) is 0.500. The molecule has 0 spiro atoms. The maximum absolute atomic E-state index is 5.16. The van der Waals surface area contributed by atoms with Crippen LogP contribution in [0.1, 0.15) is 30.3 Å². The molecule has 0 atom stereocenters. The van der Waals surface area contributed by atoms with Crippen molar-refractivity contribution >= 4 is 5.95 Å². The maximum atomic E-state index is 5.16. The number of aromatic nitrogens is 4. The second-order valence-electron chi connectivity index (χ2n) is 5.35. The molecule has 3 heterocycles. The highest BCUT2D eigenvalue weighted by Gasteiger charge is 2.30. The summed E-state index contributed by atoms with van der Waals surface area (Å²) in [5.41, 5.74) is 2.56. The number of fused-ring (bicyclic) bond motifs is 1. The summed E-state index contributed by atoms with van der Waals surface area (Å²) in [4.78, 5) is 15.5. The lowest BCUT2D eigenvalue weighted by molar-refractivity contribution is 0.396. The predicted molar refractivity (Wildman–Crippen MR) is 73.8 cm³/mol. The van der Waals surface area contributed by atoms with Crippen molar-refractivity contribution in [3.05, 3.63) is 30.0 Å². The molecule has 0 amide bonds. The smallest absolute Gasteiger partial charge is 0.228 e. The quantitative estimate of drug-likeness (QED) is 0.848. The molecule has 6 heteroatoms. The number of ether oxygens (including phenoxy) is 1. The molecular weight excluding hydrogens is 254 g/mol. The number of imidazole rings is 1. The predicted octanol–water partition coefficient (Wildman–Crippen LogP) is 1.58. The molecule has 0 radical (unpaired) electrons. The molecule has 0 saturated heterocycles. The highest BCUT2D eigenvalue weighted by Crippen LogP contribution is 2.37. The summed E-state index contributed by atoms with van der Waals surface area (Å²) in [5.74, 6) is 1.32. The summed E-state index contributed by atoms with van der Waals surface area (Å²) in [5, 5.41) is 0. The van der Waals surface area contributed by atoms with Gasteiger partial charge in [0.1, 0.15) is 0 Å². The Labute approximate surface area is 117 Å². The van der Waals surface area contributed by atoms with Gasteiger partial charge in [-0.3, -0.25) is 0 Å². The van der Waals surface area contributed by atoms with E-state index in [0.717, 1.165) is 31.2 Å². The van der Waals surface area contributed by atoms with Crippen LogP contribution >= 0.6 is 0 Å². The van der Waals surface area contributed by atoms with Gasteiger partial charge in [0.25, 0.3) is 0 Å². The SMILES string of the molecule is COc1ccnc(N2CCc3c(ncn3C3CC3)C2)n1. The monoisotopic (exact) mass is 271 g/mol. The molecule has 0 N–H and O–H groups in total. The van der Waals surface area contributed by atoms with Gasteiger partial charge in [-0.2, -0.15) is 4.98 Å². The Morgan fingerprint density at radius 1 is 1.30 bits per heavy atom. The second-order valence-corrected chi connectivity index (χ2v) is 5.35. The van der Waals surface area contributed by atoms with Gasteiger partial charge in [-0.15, -0.1) is 0 Å². The van der Waals surface area contributed by atoms with E-state index < -0.39 is 0 Å². The third-order valence-corrected chi connectivity index (χ3v) is 3.99. The van der Waals surface area contributed by atoms with Crippen LogP contribution in [0.3, 0.4) is 0 Å². The normalized spacial score (nSPS) is 17.9. The lowest BCUT2D eigenvalue weighted by Gasteiger charge is -2.27. The molecule has 4 rings (SSSR count). The van der Waals surface area contributed by atoms with Crippen molar-refractivity contribution in [2.24, 2.45) is 0 Å². The van der Waals surface area contributed by atoms with Crippen molar-refractivity contribution in [3.8, 4) is 5.88 Å². The van der Waals surface area contributed by atoms with Crippen molar-refractivity contribution in [3.63, 3.8) is 0 Å². The first-order valence-corrected chi connectivity index (χ1v) is 7.01. The summed E-state index contributed by atoms with van der Waals surface area (Å²) in [6.07, 6.45) is 7.33. The Hall–Kier alpha value is -2.11. The first kappa shape index (κ1) is 11.7. The van der Waals surface area contributed by atoms with E-state index in [-0.39, 0.29) is 0 Å². The molecule has 20 heavy (non-hydrogen) atoms. The number of hydrogen-bond donors (Lipinski definition) is 0. The number of nitrogens with zero attached hydrogens (tertiary/aromatic N) is 5. The second kappa shape index (κ2) is 4.47. The zero-order chi connectivity index (χ0) is 13.5. The van der Waals surface area contributed by atoms with Crippen molar-refractivity contribution < 1.29 is 4.74 Å². The molecule has 0 bridgehead atoms. The van der Waals surface area contributed by atoms with Crippen LogP contribution in [-0.2, 0) is 13.0 Å². The lowest BCUT2D eigenvalue weighted by Crippen LogP contribution is -2.32. The van der Waals surface area contributed by atoms with Crippen molar-refractivity contribution in [1.82, 2.24) is 19.5 Å². The van der Waals surface area contributed by atoms with E-state index in [4.69, 9.17) is 4.74 Å². The third-order valence-electron chi connectivity index (χ3n) is 3.99. The average Bonchev–Trinajstić information content (AvgIpc) is 3.26. The summed E-state index contributed by atoms with van der Waals surface area (Å²) >= 11 is 0. The Morgan fingerprint density at radius 2 is 2.20 bits per heavy atom. The summed E-state index contributed by atoms with van der Waals surface area (Å²) in [6, 6.07) is 2.46. The van der Waals surface area contributed by atoms with E-state index in [0.29, 0.717) is 11.9 Å². The first-order chi connectivity index (χ1) is 9.85. The van der Waals surface area contributed by atoms with E-state index in [9.17, 15) is 0 Å². The van der Waals surface area contributed by atoms with Crippen LogP contribution in [0.4, 0.5) is 5.95 Å². The summed E-state index contributed by atoms with van der Waals surface area (Å²) < 4.78 is 7.52. The minimum absolute atomic E-state index is 0.601. The van der Waals surface area contributed by atoms with E-state index in [1.807, 2.05) is 6.33 Å². The van der Waals surface area contributed by atoms with Gasteiger partial charge in [0, 0.05) is 37.0 Å². The van der Waals surface area contributed by atoms with Gasteiger partial charge >= 0.3 is 0 Å². The fourth-order valence-corrected chi connectivity index (χ4v) is 2.77. The maximum Gasteiger partial charge on any atom is 0.228 e. The van der Waals surface area contributed by atoms with Crippen molar-refractivity contribution in [1.29, 1.82) is 0 Å². The third kappa shape index (κ3) is 1.92. The highest BCUT2D eigenvalue weighted by molar-refractivity contribution is 5.37. The van der Waals surface area contributed by atoms with Gasteiger partial charge in [-0.1, -0.05) is 0 Å². The topological polar surface area (TPSA) is 56.1 Å². The molecule has 104 valence electrons. The first-order valence-electron chi connectivity index (χ1n) is 7.01. The molecule has 1 saturated carbocycles. The molecule has 2 aromatic heterocycles. The molecule has 0 aromatic carbocycles. The van der Waals surface area contributed by atoms with Crippen LogP contribution < -0.4 is 9.64 Å². The van der Waals surface area contributed by atoms with Crippen LogP contribution in [0.25, 0.3) is 0 Å². The van der Waals surface area contributed by atoms with Gasteiger partial charge < -0.3 is 14.2 Å². The Morgan fingerprint density at radius 3 is 3.00 bits per heavy atom. The van der Waals surface area contributed by atoms with E-state index >= 15 is 0 Å². The highest BCUT2D eigenvalue weighted by atomic mass is 16.5. The Bertz CT molecular complexity index is 634. The molecule has 1 aliphatic carbocycles. The molecular formula is C14H17N5O. The van der Waals surface area contributed by atoms with Gasteiger partial charge in [0.15, 0.2) is 0 Å². The van der Waals surface area contributed by atoms with Crippen LogP contribution in [0.15, 0.2) is 18.6 Å². The number of methoxy groups -OCH3 is 1.